The first-order valence-corrected chi connectivity index (χ1v) is 9.24. The number of aliphatic imine (C=N–C) groups is 1. The number of ether oxygens (including phenoxy) is 1. The summed E-state index contributed by atoms with van der Waals surface area (Å²) in [6.45, 7) is 3.49. The second-order valence-corrected chi connectivity index (χ2v) is 6.76. The average Bonchev–Trinajstić information content (AvgIpc) is 3.31. The minimum atomic E-state index is 0.603. The fourth-order valence-electron chi connectivity index (χ4n) is 2.48. The van der Waals surface area contributed by atoms with Crippen molar-refractivity contribution in [3.05, 3.63) is 64.1 Å². The highest BCUT2D eigenvalue weighted by atomic mass is 32.1. The van der Waals surface area contributed by atoms with Crippen LogP contribution in [-0.2, 0) is 13.1 Å². The standard InChI is InChI=1S/C19H23N5OS/c1-14-9-11-26-18(14)13-22-19(20-2)21-12-15-8-10-24(23-15)16-4-6-17(25-3)7-5-16/h4-11H,12-13H2,1-3H3,(H2,20,21,22). The molecule has 7 heteroatoms. The molecule has 0 aliphatic carbocycles. The Morgan fingerprint density at radius 2 is 1.92 bits per heavy atom. The Balaban J connectivity index is 1.55. The SMILES string of the molecule is CN=C(NCc1ccn(-c2ccc(OC)cc2)n1)NCc1sccc1C. The zero-order valence-corrected chi connectivity index (χ0v) is 16.0. The van der Waals surface area contributed by atoms with Gasteiger partial charge >= 0.3 is 0 Å². The lowest BCUT2D eigenvalue weighted by Crippen LogP contribution is -2.36. The normalized spacial score (nSPS) is 11.4. The van der Waals surface area contributed by atoms with E-state index < -0.39 is 0 Å². The number of thiophene rings is 1. The average molecular weight is 369 g/mol. The summed E-state index contributed by atoms with van der Waals surface area (Å²) in [6, 6.07) is 11.9. The number of aryl methyl sites for hydroxylation is 1. The monoisotopic (exact) mass is 369 g/mol. The Hall–Kier alpha value is -2.80. The highest BCUT2D eigenvalue weighted by molar-refractivity contribution is 7.10. The molecule has 0 atom stereocenters. The smallest absolute Gasteiger partial charge is 0.191 e. The van der Waals surface area contributed by atoms with E-state index in [2.05, 4.69) is 39.1 Å². The van der Waals surface area contributed by atoms with Gasteiger partial charge in [-0.05, 0) is 54.3 Å². The van der Waals surface area contributed by atoms with Crippen molar-refractivity contribution in [2.24, 2.45) is 4.99 Å². The number of nitrogens with one attached hydrogen (secondary N) is 2. The molecule has 2 N–H and O–H groups in total. The van der Waals surface area contributed by atoms with Crippen LogP contribution in [0.5, 0.6) is 5.75 Å². The second-order valence-electron chi connectivity index (χ2n) is 5.76. The Morgan fingerprint density at radius 1 is 1.15 bits per heavy atom. The molecule has 2 aromatic heterocycles. The predicted molar refractivity (Wildman–Crippen MR) is 106 cm³/mol. The lowest BCUT2D eigenvalue weighted by Gasteiger charge is -2.10. The van der Waals surface area contributed by atoms with E-state index in [1.807, 2.05) is 41.2 Å². The summed E-state index contributed by atoms with van der Waals surface area (Å²) in [5.41, 5.74) is 3.24. The molecule has 0 aliphatic heterocycles. The van der Waals surface area contributed by atoms with Gasteiger partial charge in [-0.1, -0.05) is 0 Å². The Kier molecular flexibility index (Phi) is 5.91. The summed E-state index contributed by atoms with van der Waals surface area (Å²) in [6.07, 6.45) is 1.95. The van der Waals surface area contributed by atoms with Crippen molar-refractivity contribution in [2.75, 3.05) is 14.2 Å². The number of methoxy groups -OCH3 is 1. The molecule has 6 nitrogen and oxygen atoms in total. The van der Waals surface area contributed by atoms with E-state index in [0.717, 1.165) is 29.6 Å². The van der Waals surface area contributed by atoms with Crippen molar-refractivity contribution in [3.63, 3.8) is 0 Å². The van der Waals surface area contributed by atoms with Gasteiger partial charge in [0.15, 0.2) is 5.96 Å². The maximum atomic E-state index is 5.19. The highest BCUT2D eigenvalue weighted by Crippen LogP contribution is 2.15. The van der Waals surface area contributed by atoms with Crippen LogP contribution >= 0.6 is 11.3 Å². The second kappa shape index (κ2) is 8.53. The molecule has 0 radical (unpaired) electrons. The van der Waals surface area contributed by atoms with Crippen molar-refractivity contribution in [2.45, 2.75) is 20.0 Å². The molecule has 0 saturated carbocycles. The molecule has 0 spiro atoms. The summed E-state index contributed by atoms with van der Waals surface area (Å²) >= 11 is 1.75. The van der Waals surface area contributed by atoms with Gasteiger partial charge in [-0.15, -0.1) is 11.3 Å². The van der Waals surface area contributed by atoms with E-state index in [4.69, 9.17) is 4.74 Å². The first kappa shape index (κ1) is 18.0. The first-order chi connectivity index (χ1) is 12.7. The number of hydrogen-bond donors (Lipinski definition) is 2. The van der Waals surface area contributed by atoms with Crippen LogP contribution in [0.25, 0.3) is 5.69 Å². The van der Waals surface area contributed by atoms with Crippen molar-refractivity contribution in [1.82, 2.24) is 20.4 Å². The van der Waals surface area contributed by atoms with Gasteiger partial charge in [-0.2, -0.15) is 5.10 Å². The van der Waals surface area contributed by atoms with Gasteiger partial charge in [0.05, 0.1) is 31.6 Å². The molecular formula is C19H23N5OS. The third-order valence-corrected chi connectivity index (χ3v) is 5.05. The van der Waals surface area contributed by atoms with Crippen LogP contribution in [0.4, 0.5) is 0 Å². The van der Waals surface area contributed by atoms with Crippen LogP contribution in [0.2, 0.25) is 0 Å². The molecule has 3 rings (SSSR count). The zero-order chi connectivity index (χ0) is 18.4. The van der Waals surface area contributed by atoms with E-state index in [1.165, 1.54) is 10.4 Å². The maximum Gasteiger partial charge on any atom is 0.191 e. The third-order valence-electron chi connectivity index (χ3n) is 4.03. The molecule has 0 aliphatic rings. The molecule has 2 heterocycles. The largest absolute Gasteiger partial charge is 0.497 e. The van der Waals surface area contributed by atoms with Gasteiger partial charge < -0.3 is 15.4 Å². The first-order valence-electron chi connectivity index (χ1n) is 8.36. The van der Waals surface area contributed by atoms with Gasteiger partial charge in [-0.25, -0.2) is 4.68 Å². The summed E-state index contributed by atoms with van der Waals surface area (Å²) in [5.74, 6) is 1.59. The van der Waals surface area contributed by atoms with Crippen molar-refractivity contribution >= 4 is 17.3 Å². The van der Waals surface area contributed by atoms with Crippen molar-refractivity contribution < 1.29 is 4.74 Å². The van der Waals surface area contributed by atoms with Crippen LogP contribution in [-0.4, -0.2) is 29.9 Å². The Morgan fingerprint density at radius 3 is 2.58 bits per heavy atom. The van der Waals surface area contributed by atoms with E-state index in [0.29, 0.717) is 6.54 Å². The Labute approximate surface area is 157 Å². The van der Waals surface area contributed by atoms with E-state index in [1.54, 1.807) is 25.5 Å². The minimum Gasteiger partial charge on any atom is -0.497 e. The van der Waals surface area contributed by atoms with Crippen LogP contribution < -0.4 is 15.4 Å². The van der Waals surface area contributed by atoms with Gasteiger partial charge in [-0.3, -0.25) is 4.99 Å². The van der Waals surface area contributed by atoms with Crippen LogP contribution in [0.1, 0.15) is 16.1 Å². The minimum absolute atomic E-state index is 0.603. The Bertz CT molecular complexity index is 866. The topological polar surface area (TPSA) is 63.5 Å². The molecule has 3 aromatic rings. The number of benzene rings is 1. The van der Waals surface area contributed by atoms with Crippen LogP contribution in [0, 0.1) is 6.92 Å². The van der Waals surface area contributed by atoms with Gasteiger partial charge in [0, 0.05) is 18.1 Å². The molecular weight excluding hydrogens is 346 g/mol. The fraction of sp³-hybridized carbons (Fsp3) is 0.263. The number of nitrogens with zero attached hydrogens (tertiary/aromatic N) is 3. The maximum absolute atomic E-state index is 5.19. The molecule has 26 heavy (non-hydrogen) atoms. The third kappa shape index (κ3) is 4.43. The molecule has 0 unspecified atom stereocenters. The van der Waals surface area contributed by atoms with Crippen LogP contribution in [0.3, 0.4) is 0 Å². The quantitative estimate of drug-likeness (QED) is 0.518. The van der Waals surface area contributed by atoms with Gasteiger partial charge in [0.1, 0.15) is 5.75 Å². The van der Waals surface area contributed by atoms with Crippen LogP contribution in [0.15, 0.2) is 53.0 Å². The fourth-order valence-corrected chi connectivity index (χ4v) is 3.32. The summed E-state index contributed by atoms with van der Waals surface area (Å²) < 4.78 is 7.03. The molecule has 0 bridgehead atoms. The molecule has 0 saturated heterocycles. The number of aromatic nitrogens is 2. The highest BCUT2D eigenvalue weighted by Gasteiger charge is 2.05. The number of hydrogen-bond acceptors (Lipinski definition) is 4. The van der Waals surface area contributed by atoms with E-state index in [9.17, 15) is 0 Å². The van der Waals surface area contributed by atoms with Gasteiger partial charge in [0.2, 0.25) is 0 Å². The molecule has 136 valence electrons. The predicted octanol–water partition coefficient (Wildman–Crippen LogP) is 3.12. The lowest BCUT2D eigenvalue weighted by molar-refractivity contribution is 0.414. The molecule has 0 fully saturated rings. The summed E-state index contributed by atoms with van der Waals surface area (Å²) in [7, 11) is 3.43. The summed E-state index contributed by atoms with van der Waals surface area (Å²) in [5, 5.41) is 13.3. The van der Waals surface area contributed by atoms with Gasteiger partial charge in [0.25, 0.3) is 0 Å². The molecule has 1 aromatic carbocycles. The number of rotatable bonds is 6. The lowest BCUT2D eigenvalue weighted by atomic mass is 10.3. The number of guanidine groups is 1. The van der Waals surface area contributed by atoms with E-state index in [-0.39, 0.29) is 0 Å². The zero-order valence-electron chi connectivity index (χ0n) is 15.2. The molecule has 0 amide bonds. The van der Waals surface area contributed by atoms with E-state index >= 15 is 0 Å². The van der Waals surface area contributed by atoms with Crippen molar-refractivity contribution in [3.8, 4) is 11.4 Å². The van der Waals surface area contributed by atoms with Crippen molar-refractivity contribution in [1.29, 1.82) is 0 Å². The summed E-state index contributed by atoms with van der Waals surface area (Å²) in [4.78, 5) is 5.58.